The second kappa shape index (κ2) is 4.80. The highest BCUT2D eigenvalue weighted by Crippen LogP contribution is 2.21. The van der Waals surface area contributed by atoms with Crippen LogP contribution in [0.4, 0.5) is 0 Å². The SMILES string of the molecule is Clc1ccc2c(CNCc3ncon3)c[nH]c2c1. The van der Waals surface area contributed by atoms with Gasteiger partial charge in [-0.15, -0.1) is 0 Å². The summed E-state index contributed by atoms with van der Waals surface area (Å²) in [5, 5.41) is 8.89. The van der Waals surface area contributed by atoms with Gasteiger partial charge in [0.1, 0.15) is 0 Å². The Labute approximate surface area is 108 Å². The predicted molar refractivity (Wildman–Crippen MR) is 68.2 cm³/mol. The number of halogens is 1. The molecule has 2 N–H and O–H groups in total. The summed E-state index contributed by atoms with van der Waals surface area (Å²) in [6.07, 6.45) is 3.30. The molecule has 0 amide bonds. The summed E-state index contributed by atoms with van der Waals surface area (Å²) in [7, 11) is 0. The third-order valence-electron chi connectivity index (χ3n) is 2.73. The largest absolute Gasteiger partial charge is 0.361 e. The van der Waals surface area contributed by atoms with Gasteiger partial charge in [-0.3, -0.25) is 0 Å². The number of nitrogens with zero attached hydrogens (tertiary/aromatic N) is 2. The van der Waals surface area contributed by atoms with Crippen LogP contribution in [-0.4, -0.2) is 15.1 Å². The molecule has 2 aromatic heterocycles. The van der Waals surface area contributed by atoms with E-state index >= 15 is 0 Å². The van der Waals surface area contributed by atoms with Crippen molar-refractivity contribution in [3.05, 3.63) is 47.2 Å². The van der Waals surface area contributed by atoms with E-state index in [1.807, 2.05) is 24.4 Å². The highest BCUT2D eigenvalue weighted by atomic mass is 35.5. The molecule has 0 spiro atoms. The maximum Gasteiger partial charge on any atom is 0.213 e. The summed E-state index contributed by atoms with van der Waals surface area (Å²) in [5.74, 6) is 0.651. The molecule has 0 radical (unpaired) electrons. The average molecular weight is 263 g/mol. The van der Waals surface area contributed by atoms with Gasteiger partial charge in [0.25, 0.3) is 0 Å². The van der Waals surface area contributed by atoms with Crippen molar-refractivity contribution < 1.29 is 4.52 Å². The first-order valence-corrected chi connectivity index (χ1v) is 5.92. The van der Waals surface area contributed by atoms with Crippen molar-refractivity contribution in [2.45, 2.75) is 13.1 Å². The summed E-state index contributed by atoms with van der Waals surface area (Å²) < 4.78 is 4.66. The summed E-state index contributed by atoms with van der Waals surface area (Å²) in [6.45, 7) is 1.31. The minimum absolute atomic E-state index is 0.580. The Bertz CT molecular complexity index is 647. The van der Waals surface area contributed by atoms with Crippen molar-refractivity contribution in [2.75, 3.05) is 0 Å². The van der Waals surface area contributed by atoms with Gasteiger partial charge in [0.15, 0.2) is 5.82 Å². The Hall–Kier alpha value is -1.85. The summed E-state index contributed by atoms with van der Waals surface area (Å²) in [5.41, 5.74) is 2.23. The van der Waals surface area contributed by atoms with E-state index in [9.17, 15) is 0 Å². The molecular weight excluding hydrogens is 252 g/mol. The number of nitrogens with one attached hydrogen (secondary N) is 2. The maximum absolute atomic E-state index is 5.94. The van der Waals surface area contributed by atoms with Crippen LogP contribution in [0.3, 0.4) is 0 Å². The van der Waals surface area contributed by atoms with Gasteiger partial charge in [-0.05, 0) is 17.7 Å². The number of rotatable bonds is 4. The molecule has 0 fully saturated rings. The Balaban J connectivity index is 1.71. The number of aromatic amines is 1. The molecule has 2 heterocycles. The number of hydrogen-bond donors (Lipinski definition) is 2. The van der Waals surface area contributed by atoms with Gasteiger partial charge in [-0.1, -0.05) is 22.8 Å². The molecule has 0 aliphatic rings. The summed E-state index contributed by atoms with van der Waals surface area (Å²) in [4.78, 5) is 7.14. The van der Waals surface area contributed by atoms with Crippen LogP contribution < -0.4 is 5.32 Å². The van der Waals surface area contributed by atoms with E-state index in [0.717, 1.165) is 17.1 Å². The van der Waals surface area contributed by atoms with Crippen molar-refractivity contribution in [2.24, 2.45) is 0 Å². The van der Waals surface area contributed by atoms with Crippen molar-refractivity contribution >= 4 is 22.5 Å². The third-order valence-corrected chi connectivity index (χ3v) is 2.97. The van der Waals surface area contributed by atoms with E-state index in [0.29, 0.717) is 12.4 Å². The molecule has 0 aliphatic heterocycles. The van der Waals surface area contributed by atoms with Crippen LogP contribution in [0.2, 0.25) is 5.02 Å². The van der Waals surface area contributed by atoms with Crippen LogP contribution in [0.1, 0.15) is 11.4 Å². The zero-order valence-corrected chi connectivity index (χ0v) is 10.2. The quantitative estimate of drug-likeness (QED) is 0.758. The molecule has 0 unspecified atom stereocenters. The van der Waals surface area contributed by atoms with Gasteiger partial charge in [-0.25, -0.2) is 0 Å². The number of benzene rings is 1. The highest BCUT2D eigenvalue weighted by molar-refractivity contribution is 6.31. The topological polar surface area (TPSA) is 66.7 Å². The highest BCUT2D eigenvalue weighted by Gasteiger charge is 2.04. The van der Waals surface area contributed by atoms with Gasteiger partial charge >= 0.3 is 0 Å². The minimum Gasteiger partial charge on any atom is -0.361 e. The molecule has 92 valence electrons. The van der Waals surface area contributed by atoms with Crippen LogP contribution in [0.15, 0.2) is 35.3 Å². The van der Waals surface area contributed by atoms with Crippen molar-refractivity contribution in [1.29, 1.82) is 0 Å². The molecule has 5 nitrogen and oxygen atoms in total. The van der Waals surface area contributed by atoms with E-state index in [4.69, 9.17) is 11.6 Å². The van der Waals surface area contributed by atoms with Crippen molar-refractivity contribution in [3.8, 4) is 0 Å². The maximum atomic E-state index is 5.94. The van der Waals surface area contributed by atoms with Crippen LogP contribution in [-0.2, 0) is 13.1 Å². The molecule has 3 aromatic rings. The van der Waals surface area contributed by atoms with E-state index < -0.39 is 0 Å². The number of aromatic nitrogens is 3. The van der Waals surface area contributed by atoms with E-state index in [2.05, 4.69) is 25.0 Å². The molecule has 0 saturated carbocycles. The minimum atomic E-state index is 0.580. The Morgan fingerprint density at radius 2 is 2.28 bits per heavy atom. The lowest BCUT2D eigenvalue weighted by atomic mass is 10.2. The first-order chi connectivity index (χ1) is 8.83. The molecule has 6 heteroatoms. The molecule has 0 atom stereocenters. The van der Waals surface area contributed by atoms with Gasteiger partial charge in [0, 0.05) is 28.7 Å². The second-order valence-electron chi connectivity index (χ2n) is 3.95. The van der Waals surface area contributed by atoms with Crippen molar-refractivity contribution in [1.82, 2.24) is 20.4 Å². The fraction of sp³-hybridized carbons (Fsp3) is 0.167. The first-order valence-electron chi connectivity index (χ1n) is 5.54. The van der Waals surface area contributed by atoms with Gasteiger partial charge in [0.2, 0.25) is 6.39 Å². The molecule has 0 aliphatic carbocycles. The summed E-state index contributed by atoms with van der Waals surface area (Å²) in [6, 6.07) is 5.82. The molecule has 0 saturated heterocycles. The lowest BCUT2D eigenvalue weighted by Crippen LogP contribution is -2.13. The van der Waals surface area contributed by atoms with E-state index in [1.165, 1.54) is 17.3 Å². The van der Waals surface area contributed by atoms with Crippen LogP contribution in [0.25, 0.3) is 10.9 Å². The number of H-pyrrole nitrogens is 1. The van der Waals surface area contributed by atoms with E-state index in [1.54, 1.807) is 0 Å². The van der Waals surface area contributed by atoms with Crippen LogP contribution in [0.5, 0.6) is 0 Å². The fourth-order valence-corrected chi connectivity index (χ4v) is 2.06. The van der Waals surface area contributed by atoms with Gasteiger partial charge < -0.3 is 14.8 Å². The zero-order valence-electron chi connectivity index (χ0n) is 9.48. The van der Waals surface area contributed by atoms with Crippen molar-refractivity contribution in [3.63, 3.8) is 0 Å². The smallest absolute Gasteiger partial charge is 0.213 e. The molecule has 3 rings (SSSR count). The second-order valence-corrected chi connectivity index (χ2v) is 4.39. The van der Waals surface area contributed by atoms with Crippen LogP contribution in [0, 0.1) is 0 Å². The Kier molecular flexibility index (Phi) is 3.00. The molecule has 1 aromatic carbocycles. The number of fused-ring (bicyclic) bond motifs is 1. The monoisotopic (exact) mass is 262 g/mol. The summed E-state index contributed by atoms with van der Waals surface area (Å²) >= 11 is 5.94. The third kappa shape index (κ3) is 2.23. The normalized spacial score (nSPS) is 11.2. The Morgan fingerprint density at radius 3 is 3.11 bits per heavy atom. The van der Waals surface area contributed by atoms with E-state index in [-0.39, 0.29) is 0 Å². The average Bonchev–Trinajstić information content (AvgIpc) is 2.99. The molecule has 18 heavy (non-hydrogen) atoms. The first kappa shape index (κ1) is 11.3. The lowest BCUT2D eigenvalue weighted by molar-refractivity contribution is 0.407. The van der Waals surface area contributed by atoms with Gasteiger partial charge in [-0.2, -0.15) is 4.98 Å². The standard InChI is InChI=1S/C12H11ClN4O/c13-9-1-2-10-8(5-15-11(10)3-9)4-14-6-12-16-7-18-17-12/h1-3,5,7,14-15H,4,6H2. The van der Waals surface area contributed by atoms with Crippen LogP contribution >= 0.6 is 11.6 Å². The zero-order chi connectivity index (χ0) is 12.4. The van der Waals surface area contributed by atoms with Gasteiger partial charge in [0.05, 0.1) is 6.54 Å². The number of hydrogen-bond acceptors (Lipinski definition) is 4. The Morgan fingerprint density at radius 1 is 1.33 bits per heavy atom. The predicted octanol–water partition coefficient (Wildman–Crippen LogP) is 2.49. The molecule has 0 bridgehead atoms. The molecular formula is C12H11ClN4O. The lowest BCUT2D eigenvalue weighted by Gasteiger charge is -2.00. The fourth-order valence-electron chi connectivity index (χ4n) is 1.88.